The van der Waals surface area contributed by atoms with Crippen LogP contribution < -0.4 is 15.0 Å². The summed E-state index contributed by atoms with van der Waals surface area (Å²) in [5.41, 5.74) is 1.90. The highest BCUT2D eigenvalue weighted by Gasteiger charge is 2.16. The Hall–Kier alpha value is -3.15. The van der Waals surface area contributed by atoms with Gasteiger partial charge in [-0.25, -0.2) is 4.39 Å². The van der Waals surface area contributed by atoms with Crippen molar-refractivity contribution in [2.75, 3.05) is 24.4 Å². The predicted molar refractivity (Wildman–Crippen MR) is 95.3 cm³/mol. The number of rotatable bonds is 6. The average Bonchev–Trinajstić information content (AvgIpc) is 2.62. The van der Waals surface area contributed by atoms with Gasteiger partial charge in [-0.3, -0.25) is 9.59 Å². The van der Waals surface area contributed by atoms with E-state index in [0.29, 0.717) is 17.1 Å². The molecule has 2 rings (SSSR count). The maximum atomic E-state index is 13.3. The number of anilines is 2. The van der Waals surface area contributed by atoms with Crippen LogP contribution in [0.5, 0.6) is 5.75 Å². The van der Waals surface area contributed by atoms with Crippen LogP contribution in [0.4, 0.5) is 15.8 Å². The zero-order valence-corrected chi connectivity index (χ0v) is 14.1. The average molecular weight is 342 g/mol. The zero-order valence-electron chi connectivity index (χ0n) is 14.1. The summed E-state index contributed by atoms with van der Waals surface area (Å²) in [7, 11) is 3.03. The lowest BCUT2D eigenvalue weighted by atomic mass is 10.1. The second-order valence-corrected chi connectivity index (χ2v) is 5.34. The molecule has 0 bridgehead atoms. The number of carbonyl (C=O) groups excluding carboxylic acids is 2. The minimum absolute atomic E-state index is 0.159. The Morgan fingerprint density at radius 3 is 2.52 bits per heavy atom. The summed E-state index contributed by atoms with van der Waals surface area (Å²) in [4.78, 5) is 25.1. The number of nitrogens with one attached hydrogen (secondary N) is 1. The molecule has 0 spiro atoms. The number of likely N-dealkylation sites (N-methyl/N-ethyl adjacent to an activating group) is 1. The number of ether oxygens (including phenoxy) is 1. The highest BCUT2D eigenvalue weighted by atomic mass is 19.1. The first kappa shape index (κ1) is 18.2. The smallest absolute Gasteiger partial charge is 0.247 e. The number of nitrogens with zero attached hydrogens (tertiary/aromatic N) is 1. The van der Waals surface area contributed by atoms with Gasteiger partial charge in [0, 0.05) is 18.8 Å². The largest absolute Gasteiger partial charge is 0.494 e. The van der Waals surface area contributed by atoms with E-state index in [2.05, 4.69) is 11.9 Å². The van der Waals surface area contributed by atoms with Crippen LogP contribution in [-0.2, 0) is 16.0 Å². The molecule has 0 aliphatic rings. The normalized spacial score (nSPS) is 10.0. The van der Waals surface area contributed by atoms with Crippen molar-refractivity contribution < 1.29 is 18.7 Å². The summed E-state index contributed by atoms with van der Waals surface area (Å²) in [6, 6.07) is 10.9. The minimum atomic E-state index is -0.432. The summed E-state index contributed by atoms with van der Waals surface area (Å²) in [6.07, 6.45) is 1.34. The fourth-order valence-electron chi connectivity index (χ4n) is 2.26. The third kappa shape index (κ3) is 4.67. The second kappa shape index (κ2) is 8.10. The number of methoxy groups -OCH3 is 1. The number of carbonyl (C=O) groups is 2. The van der Waals surface area contributed by atoms with E-state index >= 15 is 0 Å². The zero-order chi connectivity index (χ0) is 18.4. The molecule has 2 aromatic rings. The van der Waals surface area contributed by atoms with Gasteiger partial charge in [-0.15, -0.1) is 0 Å². The minimum Gasteiger partial charge on any atom is -0.494 e. The summed E-state index contributed by atoms with van der Waals surface area (Å²) in [5, 5.41) is 2.64. The van der Waals surface area contributed by atoms with Crippen LogP contribution in [0.15, 0.2) is 55.1 Å². The van der Waals surface area contributed by atoms with Crippen LogP contribution in [0.1, 0.15) is 5.56 Å². The van der Waals surface area contributed by atoms with Gasteiger partial charge < -0.3 is 15.0 Å². The maximum absolute atomic E-state index is 13.3. The molecule has 25 heavy (non-hydrogen) atoms. The van der Waals surface area contributed by atoms with Crippen LogP contribution in [0, 0.1) is 5.82 Å². The molecule has 0 fully saturated rings. The third-order valence-electron chi connectivity index (χ3n) is 3.64. The molecule has 0 radical (unpaired) electrons. The molecular formula is C19H19FN2O3. The molecule has 0 aromatic heterocycles. The van der Waals surface area contributed by atoms with Crippen molar-refractivity contribution in [1.29, 1.82) is 0 Å². The standard InChI is InChI=1S/C19H19FN2O3/c1-4-18(23)21-15-8-5-13(6-9-15)11-19(24)22(2)16-10-7-14(20)12-17(16)25-3/h4-10,12H,1,11H2,2-3H3,(H,21,23). The third-order valence-corrected chi connectivity index (χ3v) is 3.64. The van der Waals surface area contributed by atoms with Gasteiger partial charge in [0.1, 0.15) is 11.6 Å². The predicted octanol–water partition coefficient (Wildman–Crippen LogP) is 3.16. The lowest BCUT2D eigenvalue weighted by Crippen LogP contribution is -2.28. The van der Waals surface area contributed by atoms with Crippen molar-refractivity contribution in [1.82, 2.24) is 0 Å². The van der Waals surface area contributed by atoms with Crippen molar-refractivity contribution in [3.63, 3.8) is 0 Å². The molecule has 1 N–H and O–H groups in total. The summed E-state index contributed by atoms with van der Waals surface area (Å²) in [5.74, 6) is -0.614. The Balaban J connectivity index is 2.08. The Labute approximate surface area is 145 Å². The molecular weight excluding hydrogens is 323 g/mol. The molecule has 6 heteroatoms. The van der Waals surface area contributed by atoms with Crippen molar-refractivity contribution in [2.45, 2.75) is 6.42 Å². The highest BCUT2D eigenvalue weighted by Crippen LogP contribution is 2.28. The first-order chi connectivity index (χ1) is 11.9. The number of amides is 2. The first-order valence-electron chi connectivity index (χ1n) is 7.57. The summed E-state index contributed by atoms with van der Waals surface area (Å²) < 4.78 is 18.4. The van der Waals surface area contributed by atoms with Gasteiger partial charge in [0.15, 0.2) is 0 Å². The van der Waals surface area contributed by atoms with E-state index in [1.807, 2.05) is 0 Å². The molecule has 0 aliphatic heterocycles. The van der Waals surface area contributed by atoms with E-state index in [1.54, 1.807) is 31.3 Å². The van der Waals surface area contributed by atoms with E-state index in [0.717, 1.165) is 5.56 Å². The van der Waals surface area contributed by atoms with E-state index in [4.69, 9.17) is 4.74 Å². The van der Waals surface area contributed by atoms with E-state index in [1.165, 1.54) is 36.3 Å². The van der Waals surface area contributed by atoms with Gasteiger partial charge in [0.25, 0.3) is 0 Å². The van der Waals surface area contributed by atoms with Crippen molar-refractivity contribution >= 4 is 23.2 Å². The number of halogens is 1. The van der Waals surface area contributed by atoms with E-state index in [-0.39, 0.29) is 18.2 Å². The summed E-state index contributed by atoms with van der Waals surface area (Å²) in [6.45, 7) is 3.39. The van der Waals surface area contributed by atoms with Gasteiger partial charge in [0.05, 0.1) is 19.2 Å². The molecule has 0 heterocycles. The Bertz CT molecular complexity index is 788. The van der Waals surface area contributed by atoms with Crippen LogP contribution in [0.2, 0.25) is 0 Å². The van der Waals surface area contributed by atoms with Crippen LogP contribution in [-0.4, -0.2) is 26.0 Å². The van der Waals surface area contributed by atoms with Gasteiger partial charge in [-0.1, -0.05) is 18.7 Å². The Kier molecular flexibility index (Phi) is 5.89. The quantitative estimate of drug-likeness (QED) is 0.821. The Morgan fingerprint density at radius 1 is 1.24 bits per heavy atom. The van der Waals surface area contributed by atoms with Crippen LogP contribution in [0.3, 0.4) is 0 Å². The van der Waals surface area contributed by atoms with Crippen molar-refractivity contribution in [3.05, 3.63) is 66.5 Å². The maximum Gasteiger partial charge on any atom is 0.247 e. The highest BCUT2D eigenvalue weighted by molar-refractivity contribution is 5.99. The molecule has 0 saturated heterocycles. The molecule has 5 nitrogen and oxygen atoms in total. The Morgan fingerprint density at radius 2 is 1.92 bits per heavy atom. The fourth-order valence-corrected chi connectivity index (χ4v) is 2.26. The molecule has 2 amide bonds. The molecule has 130 valence electrons. The lowest BCUT2D eigenvalue weighted by Gasteiger charge is -2.20. The second-order valence-electron chi connectivity index (χ2n) is 5.34. The van der Waals surface area contributed by atoms with Gasteiger partial charge in [0.2, 0.25) is 11.8 Å². The SMILES string of the molecule is C=CC(=O)Nc1ccc(CC(=O)N(C)c2ccc(F)cc2OC)cc1. The van der Waals surface area contributed by atoms with E-state index in [9.17, 15) is 14.0 Å². The van der Waals surface area contributed by atoms with Gasteiger partial charge >= 0.3 is 0 Å². The van der Waals surface area contributed by atoms with Gasteiger partial charge in [-0.05, 0) is 35.9 Å². The number of hydrogen-bond donors (Lipinski definition) is 1. The molecule has 0 saturated carbocycles. The van der Waals surface area contributed by atoms with Gasteiger partial charge in [-0.2, -0.15) is 0 Å². The van der Waals surface area contributed by atoms with Crippen molar-refractivity contribution in [2.24, 2.45) is 0 Å². The topological polar surface area (TPSA) is 58.6 Å². The molecule has 0 aliphatic carbocycles. The molecule has 0 atom stereocenters. The lowest BCUT2D eigenvalue weighted by molar-refractivity contribution is -0.117. The molecule has 2 aromatic carbocycles. The molecule has 0 unspecified atom stereocenters. The summed E-state index contributed by atoms with van der Waals surface area (Å²) >= 11 is 0. The van der Waals surface area contributed by atoms with Crippen molar-refractivity contribution in [3.8, 4) is 5.75 Å². The van der Waals surface area contributed by atoms with E-state index < -0.39 is 5.82 Å². The van der Waals surface area contributed by atoms with Crippen LogP contribution >= 0.6 is 0 Å². The monoisotopic (exact) mass is 342 g/mol. The van der Waals surface area contributed by atoms with Crippen LogP contribution in [0.25, 0.3) is 0 Å². The number of hydrogen-bond acceptors (Lipinski definition) is 3. The number of benzene rings is 2. The fraction of sp³-hybridized carbons (Fsp3) is 0.158. The first-order valence-corrected chi connectivity index (χ1v) is 7.57.